The van der Waals surface area contributed by atoms with Crippen LogP contribution in [-0.2, 0) is 29.4 Å². The lowest BCUT2D eigenvalue weighted by molar-refractivity contribution is -0.0501. The molecule has 0 saturated heterocycles. The van der Waals surface area contributed by atoms with Crippen molar-refractivity contribution in [1.82, 2.24) is 4.98 Å². The number of alkyl halides is 3. The molecule has 112 valence electrons. The van der Waals surface area contributed by atoms with Gasteiger partial charge in [0, 0.05) is 11.3 Å². The first-order valence-electron chi connectivity index (χ1n) is 6.27. The molecule has 4 nitrogen and oxygen atoms in total. The van der Waals surface area contributed by atoms with Crippen LogP contribution in [0.1, 0.15) is 36.6 Å². The first-order chi connectivity index (χ1) is 9.24. The van der Waals surface area contributed by atoms with E-state index in [0.717, 1.165) is 18.4 Å². The highest BCUT2D eigenvalue weighted by Gasteiger charge is 2.49. The molecule has 1 aromatic heterocycles. The number of aryl methyl sites for hydroxylation is 2. The average molecular weight is 309 g/mol. The van der Waals surface area contributed by atoms with E-state index in [-0.39, 0.29) is 0 Å². The summed E-state index contributed by atoms with van der Waals surface area (Å²) < 4.78 is 63.7. The van der Waals surface area contributed by atoms with Crippen LogP contribution >= 0.6 is 0 Å². The van der Waals surface area contributed by atoms with Crippen molar-refractivity contribution in [3.63, 3.8) is 0 Å². The van der Waals surface area contributed by atoms with Crippen molar-refractivity contribution in [2.45, 2.75) is 44.5 Å². The van der Waals surface area contributed by atoms with Gasteiger partial charge in [0.2, 0.25) is 5.88 Å². The summed E-state index contributed by atoms with van der Waals surface area (Å²) in [6.45, 7) is 1.79. The minimum absolute atomic E-state index is 0.420. The van der Waals surface area contributed by atoms with Crippen LogP contribution in [0.15, 0.2) is 6.07 Å². The van der Waals surface area contributed by atoms with Crippen molar-refractivity contribution < 1.29 is 25.8 Å². The summed E-state index contributed by atoms with van der Waals surface area (Å²) in [7, 11) is -5.67. The molecule has 1 heterocycles. The zero-order chi connectivity index (χ0) is 15.0. The summed E-state index contributed by atoms with van der Waals surface area (Å²) >= 11 is 0. The van der Waals surface area contributed by atoms with Gasteiger partial charge < -0.3 is 4.18 Å². The second-order valence-corrected chi connectivity index (χ2v) is 6.14. The number of aromatic nitrogens is 1. The van der Waals surface area contributed by atoms with Gasteiger partial charge in [0.05, 0.1) is 0 Å². The van der Waals surface area contributed by atoms with Crippen molar-refractivity contribution in [1.29, 1.82) is 0 Å². The predicted octanol–water partition coefficient (Wildman–Crippen LogP) is 2.75. The van der Waals surface area contributed by atoms with Gasteiger partial charge in [0.15, 0.2) is 0 Å². The van der Waals surface area contributed by atoms with E-state index in [1.54, 1.807) is 6.92 Å². The third-order valence-electron chi connectivity index (χ3n) is 3.19. The van der Waals surface area contributed by atoms with E-state index in [4.69, 9.17) is 0 Å². The van der Waals surface area contributed by atoms with Gasteiger partial charge in [-0.05, 0) is 43.7 Å². The highest BCUT2D eigenvalue weighted by Crippen LogP contribution is 2.33. The maximum Gasteiger partial charge on any atom is 0.534 e. The molecule has 1 aliphatic carbocycles. The molecule has 0 bridgehead atoms. The van der Waals surface area contributed by atoms with Crippen LogP contribution in [0, 0.1) is 0 Å². The highest BCUT2D eigenvalue weighted by atomic mass is 32.2. The van der Waals surface area contributed by atoms with E-state index in [2.05, 4.69) is 9.17 Å². The van der Waals surface area contributed by atoms with E-state index in [9.17, 15) is 21.6 Å². The molecule has 0 aliphatic heterocycles. The average Bonchev–Trinajstić information content (AvgIpc) is 2.36. The molecule has 0 radical (unpaired) electrons. The van der Waals surface area contributed by atoms with Crippen molar-refractivity contribution in [3.05, 3.63) is 22.9 Å². The van der Waals surface area contributed by atoms with Gasteiger partial charge in [0.1, 0.15) is 0 Å². The molecule has 0 fully saturated rings. The van der Waals surface area contributed by atoms with Gasteiger partial charge in [-0.1, -0.05) is 6.92 Å². The van der Waals surface area contributed by atoms with Crippen LogP contribution in [0.4, 0.5) is 13.2 Å². The monoisotopic (exact) mass is 309 g/mol. The van der Waals surface area contributed by atoms with Crippen LogP contribution in [0.2, 0.25) is 0 Å². The number of hydrogen-bond donors (Lipinski definition) is 0. The topological polar surface area (TPSA) is 56.3 Å². The van der Waals surface area contributed by atoms with Crippen molar-refractivity contribution in [3.8, 4) is 5.88 Å². The van der Waals surface area contributed by atoms with Crippen LogP contribution in [0.5, 0.6) is 5.88 Å². The second kappa shape index (κ2) is 5.23. The number of rotatable bonds is 3. The molecule has 0 saturated carbocycles. The van der Waals surface area contributed by atoms with Crippen LogP contribution < -0.4 is 4.18 Å². The van der Waals surface area contributed by atoms with Gasteiger partial charge in [-0.2, -0.15) is 21.6 Å². The third kappa shape index (κ3) is 2.89. The SMILES string of the molecule is CCc1cc2c(c(OS(=O)(=O)C(F)(F)F)n1)CCCC2. The molecular weight excluding hydrogens is 295 g/mol. The van der Waals surface area contributed by atoms with E-state index >= 15 is 0 Å². The minimum atomic E-state index is -5.67. The molecular formula is C12H14F3NO3S. The Labute approximate surface area is 115 Å². The molecule has 1 aromatic rings. The van der Waals surface area contributed by atoms with Crippen molar-refractivity contribution in [2.75, 3.05) is 0 Å². The molecule has 8 heteroatoms. The maximum absolute atomic E-state index is 12.4. The second-order valence-electron chi connectivity index (χ2n) is 4.60. The summed E-state index contributed by atoms with van der Waals surface area (Å²) in [4.78, 5) is 3.90. The van der Waals surface area contributed by atoms with Gasteiger partial charge in [-0.3, -0.25) is 0 Å². The Morgan fingerprint density at radius 1 is 1.30 bits per heavy atom. The molecule has 1 aliphatic rings. The van der Waals surface area contributed by atoms with Crippen LogP contribution in [0.25, 0.3) is 0 Å². The zero-order valence-electron chi connectivity index (χ0n) is 10.8. The fourth-order valence-corrected chi connectivity index (χ4v) is 2.60. The quantitative estimate of drug-likeness (QED) is 0.636. The number of hydrogen-bond acceptors (Lipinski definition) is 4. The standard InChI is InChI=1S/C12H14F3NO3S/c1-2-9-7-8-5-3-4-6-10(8)11(16-9)19-20(17,18)12(13,14)15/h7H,2-6H2,1H3. The maximum atomic E-state index is 12.4. The Morgan fingerprint density at radius 3 is 2.55 bits per heavy atom. The summed E-state index contributed by atoms with van der Waals surface area (Å²) in [5.74, 6) is -0.420. The van der Waals surface area contributed by atoms with E-state index in [1.165, 1.54) is 0 Å². The highest BCUT2D eigenvalue weighted by molar-refractivity contribution is 7.87. The third-order valence-corrected chi connectivity index (χ3v) is 4.13. The molecule has 0 unspecified atom stereocenters. The number of pyridine rings is 1. The van der Waals surface area contributed by atoms with E-state index in [1.807, 2.05) is 6.07 Å². The molecule has 0 N–H and O–H groups in total. The Morgan fingerprint density at radius 2 is 1.95 bits per heavy atom. The lowest BCUT2D eigenvalue weighted by atomic mass is 9.92. The fraction of sp³-hybridized carbons (Fsp3) is 0.583. The lowest BCUT2D eigenvalue weighted by Gasteiger charge is -2.20. The van der Waals surface area contributed by atoms with Gasteiger partial charge in [-0.25, -0.2) is 4.98 Å². The number of fused-ring (bicyclic) bond motifs is 1. The van der Waals surface area contributed by atoms with Gasteiger partial charge >= 0.3 is 15.6 Å². The van der Waals surface area contributed by atoms with Crippen molar-refractivity contribution >= 4 is 10.1 Å². The normalized spacial score (nSPS) is 15.8. The summed E-state index contributed by atoms with van der Waals surface area (Å²) in [6.07, 6.45) is 3.38. The molecule has 20 heavy (non-hydrogen) atoms. The number of halogens is 3. The Kier molecular flexibility index (Phi) is 3.95. The summed E-state index contributed by atoms with van der Waals surface area (Å²) in [5.41, 5.74) is -3.62. The Hall–Kier alpha value is -1.31. The largest absolute Gasteiger partial charge is 0.534 e. The van der Waals surface area contributed by atoms with Crippen LogP contribution in [-0.4, -0.2) is 18.9 Å². The van der Waals surface area contributed by atoms with Gasteiger partial charge in [0.25, 0.3) is 0 Å². The fourth-order valence-electron chi connectivity index (χ4n) is 2.16. The molecule has 0 atom stereocenters. The van der Waals surface area contributed by atoms with E-state index < -0.39 is 21.5 Å². The zero-order valence-corrected chi connectivity index (χ0v) is 11.6. The Balaban J connectivity index is 2.46. The Bertz CT molecular complexity index is 611. The van der Waals surface area contributed by atoms with E-state index in [0.29, 0.717) is 30.5 Å². The lowest BCUT2D eigenvalue weighted by Crippen LogP contribution is -2.29. The summed E-state index contributed by atoms with van der Waals surface area (Å²) in [6, 6.07) is 1.81. The van der Waals surface area contributed by atoms with Crippen molar-refractivity contribution in [2.24, 2.45) is 0 Å². The molecule has 0 spiro atoms. The molecule has 0 amide bonds. The number of nitrogens with zero attached hydrogens (tertiary/aromatic N) is 1. The molecule has 2 rings (SSSR count). The first-order valence-corrected chi connectivity index (χ1v) is 7.68. The minimum Gasteiger partial charge on any atom is -0.355 e. The summed E-state index contributed by atoms with van der Waals surface area (Å²) in [5, 5.41) is 0. The smallest absolute Gasteiger partial charge is 0.355 e. The van der Waals surface area contributed by atoms with Crippen LogP contribution in [0.3, 0.4) is 0 Å². The first kappa shape index (κ1) is 15.1. The van der Waals surface area contributed by atoms with Gasteiger partial charge in [-0.15, -0.1) is 0 Å². The molecule has 0 aromatic carbocycles. The predicted molar refractivity (Wildman–Crippen MR) is 65.9 cm³/mol.